The van der Waals surface area contributed by atoms with E-state index in [1.165, 1.54) is 141 Å². The van der Waals surface area contributed by atoms with Gasteiger partial charge in [-0.05, 0) is 0 Å². The number of hydrogen-bond donors (Lipinski definition) is 0. The molecule has 4 aliphatic rings. The summed E-state index contributed by atoms with van der Waals surface area (Å²) in [5.74, 6) is 1.16. The first kappa shape index (κ1) is 46.3. The van der Waals surface area contributed by atoms with Gasteiger partial charge in [-0.3, -0.25) is 0 Å². The van der Waals surface area contributed by atoms with Crippen molar-refractivity contribution in [2.24, 2.45) is 11.8 Å². The molecule has 7 heteroatoms. The van der Waals surface area contributed by atoms with Gasteiger partial charge in [-0.2, -0.15) is 0 Å². The molecule has 0 nitrogen and oxygen atoms in total. The van der Waals surface area contributed by atoms with Gasteiger partial charge in [0, 0.05) is 0 Å². The molecule has 0 N–H and O–H groups in total. The summed E-state index contributed by atoms with van der Waals surface area (Å²) in [6.45, 7) is 2.16. The molecule has 4 aliphatic carbocycles. The van der Waals surface area contributed by atoms with Gasteiger partial charge in [-0.25, -0.2) is 0 Å². The van der Waals surface area contributed by atoms with E-state index < -0.39 is 30.0 Å². The van der Waals surface area contributed by atoms with Crippen LogP contribution >= 0.6 is 24.8 Å². The fourth-order valence-electron chi connectivity index (χ4n) is 13.1. The van der Waals surface area contributed by atoms with Crippen molar-refractivity contribution in [3.8, 4) is 22.3 Å². The molecule has 63 heavy (non-hydrogen) atoms. The van der Waals surface area contributed by atoms with E-state index in [4.69, 9.17) is 0 Å². The van der Waals surface area contributed by atoms with E-state index in [-0.39, 0.29) is 36.2 Å². The minimum atomic E-state index is -4.89. The summed E-state index contributed by atoms with van der Waals surface area (Å²) in [6, 6.07) is 44.2. The molecule has 0 aromatic heterocycles. The molecule has 6 aromatic rings. The van der Waals surface area contributed by atoms with Crippen molar-refractivity contribution in [1.29, 1.82) is 0 Å². The molecule has 0 heterocycles. The van der Waals surface area contributed by atoms with Gasteiger partial charge in [0.1, 0.15) is 0 Å². The van der Waals surface area contributed by atoms with Crippen LogP contribution < -0.4 is 0 Å². The van der Waals surface area contributed by atoms with Crippen LogP contribution in [0.15, 0.2) is 132 Å². The topological polar surface area (TPSA) is 0 Å². The molecule has 2 atom stereocenters. The maximum absolute atomic E-state index is 15.1. The first-order valence-corrected chi connectivity index (χ1v) is 36.3. The van der Waals surface area contributed by atoms with Crippen LogP contribution in [-0.4, -0.2) is 13.1 Å². The van der Waals surface area contributed by atoms with Gasteiger partial charge in [0.2, 0.25) is 0 Å². The molecule has 0 bridgehead atoms. The van der Waals surface area contributed by atoms with E-state index in [0.717, 1.165) is 12.8 Å². The molecule has 0 radical (unpaired) electrons. The fourth-order valence-corrected chi connectivity index (χ4v) is 36.8. The number of benzene rings is 6. The van der Waals surface area contributed by atoms with Crippen molar-refractivity contribution in [2.75, 3.05) is 0 Å². The Labute approximate surface area is 387 Å². The third-order valence-corrected chi connectivity index (χ3v) is 38.7. The van der Waals surface area contributed by atoms with E-state index in [1.54, 1.807) is 0 Å². The predicted octanol–water partition coefficient (Wildman–Crippen LogP) is 17.3. The van der Waals surface area contributed by atoms with Crippen molar-refractivity contribution in [3.05, 3.63) is 155 Å². The van der Waals surface area contributed by atoms with Crippen molar-refractivity contribution in [1.82, 2.24) is 0 Å². The van der Waals surface area contributed by atoms with Crippen LogP contribution in [-0.2, 0) is 17.4 Å². The Morgan fingerprint density at radius 1 is 0.508 bits per heavy atom. The summed E-state index contributed by atoms with van der Waals surface area (Å²) < 4.78 is 48.2. The molecular weight excluding hydrogens is 920 g/mol. The molecule has 0 spiro atoms. The number of allylic oxidation sites excluding steroid dienone is 2. The standard InChI is InChI=1S/2C26H25.C3H4F3.CH3.2ClH.H2Si.Zr/c2*1-2-8-19(9-3-1)16-20-17-22-12-7-15-25(26(22)18-20)24-14-6-11-21-10-4-5-13-23(21)24;1-2-3(4,5)6;;;;;/h2*4-7,10-15,17-19H,1-3,8-9,16H2;1-2H2;1H3;2*1H;1H2;. The van der Waals surface area contributed by atoms with E-state index >= 15 is 13.2 Å². The molecule has 2 fully saturated rings. The van der Waals surface area contributed by atoms with Crippen LogP contribution in [0.25, 0.3) is 56.0 Å². The second kappa shape index (κ2) is 18.6. The van der Waals surface area contributed by atoms with Crippen molar-refractivity contribution in [3.63, 3.8) is 0 Å². The average molecular weight is 981 g/mol. The predicted molar refractivity (Wildman–Crippen MR) is 267 cm³/mol. The van der Waals surface area contributed by atoms with Crippen LogP contribution in [0.2, 0.25) is 8.76 Å². The average Bonchev–Trinajstić information content (AvgIpc) is 3.85. The molecule has 10 rings (SSSR count). The van der Waals surface area contributed by atoms with Crippen LogP contribution in [0.4, 0.5) is 13.2 Å². The number of rotatable bonds is 10. The number of halogens is 5. The molecule has 6 aromatic carbocycles. The van der Waals surface area contributed by atoms with Gasteiger partial charge in [-0.1, -0.05) is 0 Å². The Hall–Kier alpha value is -3.21. The third kappa shape index (κ3) is 8.80. The van der Waals surface area contributed by atoms with Gasteiger partial charge < -0.3 is 0 Å². The first-order valence-electron chi connectivity index (χ1n) is 23.3. The van der Waals surface area contributed by atoms with E-state index in [1.807, 2.05) is 0 Å². The van der Waals surface area contributed by atoms with Crippen molar-refractivity contribution < 1.29 is 30.6 Å². The number of hydrogen-bond acceptors (Lipinski definition) is 0. The van der Waals surface area contributed by atoms with Gasteiger partial charge >= 0.3 is 366 Å². The second-order valence-corrected chi connectivity index (χ2v) is 48.4. The van der Waals surface area contributed by atoms with Gasteiger partial charge in [0.05, 0.1) is 0 Å². The molecule has 0 saturated heterocycles. The first-order chi connectivity index (χ1) is 29.5. The minimum absolute atomic E-state index is 0. The quantitative estimate of drug-likeness (QED) is 0.120. The Kier molecular flexibility index (Phi) is 13.7. The molecule has 328 valence electrons. The third-order valence-electron chi connectivity index (χ3n) is 15.8. The Morgan fingerprint density at radius 2 is 0.889 bits per heavy atom. The van der Waals surface area contributed by atoms with E-state index in [9.17, 15) is 0 Å². The Bertz CT molecular complexity index is 2590. The number of fused-ring (bicyclic) bond motifs is 4. The molecule has 0 aliphatic heterocycles. The normalized spacial score (nSPS) is 19.5. The molecule has 2 unspecified atom stereocenters. The Balaban J connectivity index is 0.00000272. The summed E-state index contributed by atoms with van der Waals surface area (Å²) in [6.07, 6.45) is 14.5. The number of alkyl halides is 3. The second-order valence-electron chi connectivity index (χ2n) is 20.0. The van der Waals surface area contributed by atoms with E-state index in [0.29, 0.717) is 11.8 Å². The summed E-state index contributed by atoms with van der Waals surface area (Å²) >= 11 is -4.89. The van der Waals surface area contributed by atoms with E-state index in [2.05, 4.69) is 145 Å². The zero-order chi connectivity index (χ0) is 41.8. The fraction of sp³-hybridized carbons (Fsp3) is 0.357. The van der Waals surface area contributed by atoms with Gasteiger partial charge in [-0.15, -0.1) is 24.8 Å². The monoisotopic (exact) mass is 978 g/mol. The van der Waals surface area contributed by atoms with Gasteiger partial charge in [0.15, 0.2) is 0 Å². The summed E-state index contributed by atoms with van der Waals surface area (Å²) in [5, 5.41) is 4.87. The SMILES string of the molecule is Cl.Cl.[CH3][Zr](=[SiH2])([CH2]CC(F)(F)F)([CH]1C(CC2CCCCC2)=Cc2c(-c3cccc4ccccc34)cccc21)[CH]1C(CC2CCCCC2)=Cc2c(-c3cccc4ccccc34)cccc21. The maximum atomic E-state index is 15.1. The summed E-state index contributed by atoms with van der Waals surface area (Å²) in [5.41, 5.74) is 12.9. The van der Waals surface area contributed by atoms with Crippen LogP contribution in [0.5, 0.6) is 0 Å². The van der Waals surface area contributed by atoms with Crippen LogP contribution in [0.1, 0.15) is 113 Å². The van der Waals surface area contributed by atoms with Crippen molar-refractivity contribution in [2.45, 2.75) is 106 Å². The van der Waals surface area contributed by atoms with Gasteiger partial charge in [0.25, 0.3) is 0 Å². The van der Waals surface area contributed by atoms with Crippen LogP contribution in [0.3, 0.4) is 0 Å². The van der Waals surface area contributed by atoms with Crippen LogP contribution in [0, 0.1) is 11.8 Å². The summed E-state index contributed by atoms with van der Waals surface area (Å²) in [4.78, 5) is 0. The van der Waals surface area contributed by atoms with Crippen molar-refractivity contribution >= 4 is 65.4 Å². The summed E-state index contributed by atoms with van der Waals surface area (Å²) in [7, 11) is 0. The molecule has 0 amide bonds. The Morgan fingerprint density at radius 3 is 1.32 bits per heavy atom. The molecular formula is C56H61Cl2F3SiZr. The molecule has 2 saturated carbocycles. The zero-order valence-corrected chi connectivity index (χ0v) is 42.1. The zero-order valence-electron chi connectivity index (χ0n) is 36.6.